The van der Waals surface area contributed by atoms with Crippen molar-refractivity contribution in [3.8, 4) is 0 Å². The van der Waals surface area contributed by atoms with Crippen LogP contribution in [0.25, 0.3) is 0 Å². The molecule has 0 aliphatic carbocycles. The van der Waals surface area contributed by atoms with E-state index in [0.29, 0.717) is 19.5 Å². The lowest BCUT2D eigenvalue weighted by Crippen LogP contribution is -2.47. The molecule has 108 valence electrons. The first-order valence-electron chi connectivity index (χ1n) is 6.91. The monoisotopic (exact) mass is 276 g/mol. The molecule has 2 N–H and O–H groups in total. The predicted molar refractivity (Wildman–Crippen MR) is 75.3 cm³/mol. The van der Waals surface area contributed by atoms with E-state index in [0.717, 1.165) is 12.0 Å². The van der Waals surface area contributed by atoms with Gasteiger partial charge < -0.3 is 15.3 Å². The van der Waals surface area contributed by atoms with Crippen LogP contribution >= 0.6 is 0 Å². The van der Waals surface area contributed by atoms with Crippen molar-refractivity contribution in [2.24, 2.45) is 5.92 Å². The van der Waals surface area contributed by atoms with Crippen LogP contribution in [0.1, 0.15) is 31.4 Å². The first-order valence-corrected chi connectivity index (χ1v) is 6.91. The minimum atomic E-state index is -0.821. The van der Waals surface area contributed by atoms with Gasteiger partial charge in [-0.05, 0) is 25.3 Å². The number of rotatable bonds is 3. The van der Waals surface area contributed by atoms with Crippen molar-refractivity contribution < 1.29 is 14.7 Å². The molecule has 1 saturated heterocycles. The van der Waals surface area contributed by atoms with Gasteiger partial charge in [0.05, 0.1) is 12.0 Å². The molecule has 1 aliphatic rings. The summed E-state index contributed by atoms with van der Waals surface area (Å²) in [5.41, 5.74) is 1.03. The number of carboxylic acids is 1. The minimum absolute atomic E-state index is 0.0890. The molecular weight excluding hydrogens is 256 g/mol. The summed E-state index contributed by atoms with van der Waals surface area (Å²) in [7, 11) is 0. The zero-order valence-electron chi connectivity index (χ0n) is 11.6. The van der Waals surface area contributed by atoms with Gasteiger partial charge >= 0.3 is 12.0 Å². The lowest BCUT2D eigenvalue weighted by molar-refractivity contribution is -0.143. The first kappa shape index (κ1) is 14.4. The van der Waals surface area contributed by atoms with E-state index in [1.165, 1.54) is 0 Å². The highest BCUT2D eigenvalue weighted by molar-refractivity contribution is 5.76. The number of benzene rings is 1. The Balaban J connectivity index is 1.93. The molecule has 0 saturated carbocycles. The van der Waals surface area contributed by atoms with Gasteiger partial charge in [-0.2, -0.15) is 0 Å². The Hall–Kier alpha value is -2.04. The van der Waals surface area contributed by atoms with Gasteiger partial charge in [0.2, 0.25) is 0 Å². The lowest BCUT2D eigenvalue weighted by Gasteiger charge is -2.31. The summed E-state index contributed by atoms with van der Waals surface area (Å²) in [4.78, 5) is 24.8. The Morgan fingerprint density at radius 1 is 1.35 bits per heavy atom. The van der Waals surface area contributed by atoms with Crippen LogP contribution < -0.4 is 5.32 Å². The van der Waals surface area contributed by atoms with Gasteiger partial charge in [-0.3, -0.25) is 4.79 Å². The number of nitrogens with zero attached hydrogens (tertiary/aromatic N) is 1. The van der Waals surface area contributed by atoms with Crippen molar-refractivity contribution in [2.75, 3.05) is 13.1 Å². The van der Waals surface area contributed by atoms with Gasteiger partial charge in [0.25, 0.3) is 0 Å². The second-order valence-corrected chi connectivity index (χ2v) is 5.21. The Morgan fingerprint density at radius 3 is 2.70 bits per heavy atom. The number of carbonyl (C=O) groups excluding carboxylic acids is 1. The Labute approximate surface area is 118 Å². The molecule has 1 unspecified atom stereocenters. The standard InChI is InChI=1S/C15H20N2O3/c1-11(12-6-3-2-4-7-12)16-15(20)17-9-5-8-13(10-17)14(18)19/h2-4,6-7,11,13H,5,8-10H2,1H3,(H,16,20)(H,18,19)/t11?,13-/m1/s1. The molecule has 1 aromatic carbocycles. The van der Waals surface area contributed by atoms with Gasteiger partial charge in [-0.1, -0.05) is 30.3 Å². The molecule has 0 radical (unpaired) electrons. The van der Waals surface area contributed by atoms with Crippen LogP contribution in [0.3, 0.4) is 0 Å². The van der Waals surface area contributed by atoms with Crippen LogP contribution in [0, 0.1) is 5.92 Å². The molecule has 2 amide bonds. The number of nitrogens with one attached hydrogen (secondary N) is 1. The summed E-state index contributed by atoms with van der Waals surface area (Å²) < 4.78 is 0. The number of amides is 2. The van der Waals surface area contributed by atoms with Gasteiger partial charge in [-0.15, -0.1) is 0 Å². The van der Waals surface area contributed by atoms with Crippen LogP contribution in [-0.4, -0.2) is 35.1 Å². The molecule has 1 fully saturated rings. The highest BCUT2D eigenvalue weighted by Gasteiger charge is 2.28. The molecule has 1 aliphatic heterocycles. The molecule has 0 spiro atoms. The number of hydrogen-bond acceptors (Lipinski definition) is 2. The van der Waals surface area contributed by atoms with Crippen molar-refractivity contribution in [3.05, 3.63) is 35.9 Å². The summed E-state index contributed by atoms with van der Waals surface area (Å²) in [5, 5.41) is 12.0. The average molecular weight is 276 g/mol. The Morgan fingerprint density at radius 2 is 2.05 bits per heavy atom. The Kier molecular flexibility index (Phi) is 4.61. The number of hydrogen-bond donors (Lipinski definition) is 2. The van der Waals surface area contributed by atoms with Crippen molar-refractivity contribution in [2.45, 2.75) is 25.8 Å². The molecule has 0 aromatic heterocycles. The highest BCUT2D eigenvalue weighted by Crippen LogP contribution is 2.18. The van der Waals surface area contributed by atoms with Crippen molar-refractivity contribution in [3.63, 3.8) is 0 Å². The van der Waals surface area contributed by atoms with Gasteiger partial charge in [-0.25, -0.2) is 4.79 Å². The lowest BCUT2D eigenvalue weighted by atomic mass is 9.98. The summed E-state index contributed by atoms with van der Waals surface area (Å²) in [6.07, 6.45) is 1.39. The smallest absolute Gasteiger partial charge is 0.317 e. The van der Waals surface area contributed by atoms with Crippen LogP contribution in [0.2, 0.25) is 0 Å². The second-order valence-electron chi connectivity index (χ2n) is 5.21. The zero-order chi connectivity index (χ0) is 14.5. The molecule has 2 atom stereocenters. The van der Waals surface area contributed by atoms with Crippen LogP contribution in [0.4, 0.5) is 4.79 Å². The fourth-order valence-corrected chi connectivity index (χ4v) is 2.46. The number of aliphatic carboxylic acids is 1. The molecule has 0 bridgehead atoms. The zero-order valence-corrected chi connectivity index (χ0v) is 11.6. The predicted octanol–water partition coefficient (Wildman–Crippen LogP) is 2.25. The van der Waals surface area contributed by atoms with E-state index < -0.39 is 11.9 Å². The Bertz CT molecular complexity index is 475. The average Bonchev–Trinajstić information content (AvgIpc) is 2.48. The van der Waals surface area contributed by atoms with Gasteiger partial charge in [0.15, 0.2) is 0 Å². The summed E-state index contributed by atoms with van der Waals surface area (Å²) in [5.74, 6) is -1.26. The fraction of sp³-hybridized carbons (Fsp3) is 0.467. The SMILES string of the molecule is CC(NC(=O)N1CCC[C@@H](C(=O)O)C1)c1ccccc1. The third-order valence-corrected chi connectivity index (χ3v) is 3.70. The van der Waals surface area contributed by atoms with E-state index in [2.05, 4.69) is 5.32 Å². The molecule has 1 aromatic rings. The van der Waals surface area contributed by atoms with Crippen LogP contribution in [-0.2, 0) is 4.79 Å². The van der Waals surface area contributed by atoms with Crippen LogP contribution in [0.15, 0.2) is 30.3 Å². The number of likely N-dealkylation sites (tertiary alicyclic amines) is 1. The number of carbonyl (C=O) groups is 2. The first-order chi connectivity index (χ1) is 9.58. The fourth-order valence-electron chi connectivity index (χ4n) is 2.46. The third-order valence-electron chi connectivity index (χ3n) is 3.70. The summed E-state index contributed by atoms with van der Waals surface area (Å²) >= 11 is 0. The molecule has 2 rings (SSSR count). The highest BCUT2D eigenvalue weighted by atomic mass is 16.4. The maximum Gasteiger partial charge on any atom is 0.317 e. The normalized spacial score (nSPS) is 20.2. The molecule has 20 heavy (non-hydrogen) atoms. The van der Waals surface area contributed by atoms with Gasteiger partial charge in [0.1, 0.15) is 0 Å². The van der Waals surface area contributed by atoms with E-state index in [-0.39, 0.29) is 12.1 Å². The summed E-state index contributed by atoms with van der Waals surface area (Å²) in [6, 6.07) is 9.43. The van der Waals surface area contributed by atoms with Crippen molar-refractivity contribution in [1.82, 2.24) is 10.2 Å². The third kappa shape index (κ3) is 3.50. The minimum Gasteiger partial charge on any atom is -0.481 e. The van der Waals surface area contributed by atoms with Crippen molar-refractivity contribution >= 4 is 12.0 Å². The quantitative estimate of drug-likeness (QED) is 0.889. The number of carboxylic acid groups (broad SMARTS) is 1. The van der Waals surface area contributed by atoms with E-state index in [1.54, 1.807) is 4.90 Å². The van der Waals surface area contributed by atoms with E-state index in [9.17, 15) is 9.59 Å². The van der Waals surface area contributed by atoms with Gasteiger partial charge in [0, 0.05) is 13.1 Å². The van der Waals surface area contributed by atoms with E-state index >= 15 is 0 Å². The number of urea groups is 1. The molecular formula is C15H20N2O3. The topological polar surface area (TPSA) is 69.6 Å². The number of piperidine rings is 1. The maximum atomic E-state index is 12.2. The maximum absolute atomic E-state index is 12.2. The molecule has 5 heteroatoms. The molecule has 5 nitrogen and oxygen atoms in total. The largest absolute Gasteiger partial charge is 0.481 e. The van der Waals surface area contributed by atoms with E-state index in [4.69, 9.17) is 5.11 Å². The van der Waals surface area contributed by atoms with Crippen molar-refractivity contribution in [1.29, 1.82) is 0 Å². The molecule has 1 heterocycles. The van der Waals surface area contributed by atoms with Crippen LogP contribution in [0.5, 0.6) is 0 Å². The van der Waals surface area contributed by atoms with E-state index in [1.807, 2.05) is 37.3 Å². The summed E-state index contributed by atoms with van der Waals surface area (Å²) in [6.45, 7) is 2.84. The second kappa shape index (κ2) is 6.41.